The van der Waals surface area contributed by atoms with Crippen LogP contribution in [-0.4, -0.2) is 12.1 Å². The minimum Gasteiger partial charge on any atom is -0.496 e. The van der Waals surface area contributed by atoms with Gasteiger partial charge in [-0.25, -0.2) is 0 Å². The fourth-order valence-corrected chi connectivity index (χ4v) is 2.45. The average molecular weight is 239 g/mol. The smallest absolute Gasteiger partial charge is 0.128 e. The highest BCUT2D eigenvalue weighted by atomic mass is 16.5. The Balaban J connectivity index is 2.43. The number of aromatic nitrogens is 1. The van der Waals surface area contributed by atoms with Gasteiger partial charge in [0.2, 0.25) is 0 Å². The normalized spacial score (nSPS) is 11.6. The van der Waals surface area contributed by atoms with E-state index in [4.69, 9.17) is 4.74 Å². The summed E-state index contributed by atoms with van der Waals surface area (Å²) in [7, 11) is 1.72. The summed E-state index contributed by atoms with van der Waals surface area (Å²) in [6.45, 7) is 4.40. The first-order valence-corrected chi connectivity index (χ1v) is 6.29. The summed E-state index contributed by atoms with van der Waals surface area (Å²) < 4.78 is 5.49. The van der Waals surface area contributed by atoms with E-state index in [2.05, 4.69) is 49.2 Å². The summed E-state index contributed by atoms with van der Waals surface area (Å²) in [5.41, 5.74) is 2.41. The van der Waals surface area contributed by atoms with Gasteiger partial charge in [0, 0.05) is 28.0 Å². The van der Waals surface area contributed by atoms with E-state index in [1.165, 1.54) is 21.9 Å². The molecule has 92 valence electrons. The molecule has 1 heterocycles. The molecule has 3 aromatic rings. The fourth-order valence-electron chi connectivity index (χ4n) is 2.45. The Morgan fingerprint density at radius 1 is 1.00 bits per heavy atom. The van der Waals surface area contributed by atoms with Gasteiger partial charge in [-0.05, 0) is 17.4 Å². The Bertz CT molecular complexity index is 710. The number of methoxy groups -OCH3 is 1. The number of nitrogens with one attached hydrogen (secondary N) is 1. The second-order valence-electron chi connectivity index (χ2n) is 4.97. The molecule has 0 bridgehead atoms. The number of hydrogen-bond acceptors (Lipinski definition) is 1. The molecule has 18 heavy (non-hydrogen) atoms. The number of fused-ring (bicyclic) bond motifs is 3. The fraction of sp³-hybridized carbons (Fsp3) is 0.250. The first-order valence-electron chi connectivity index (χ1n) is 6.29. The minimum atomic E-state index is 0.502. The Kier molecular flexibility index (Phi) is 2.51. The molecule has 0 saturated carbocycles. The Morgan fingerprint density at radius 2 is 1.72 bits per heavy atom. The van der Waals surface area contributed by atoms with Crippen LogP contribution in [0.25, 0.3) is 21.7 Å². The van der Waals surface area contributed by atoms with Crippen molar-refractivity contribution in [3.8, 4) is 5.75 Å². The highest BCUT2D eigenvalue weighted by Gasteiger charge is 2.10. The zero-order chi connectivity index (χ0) is 12.7. The number of rotatable bonds is 2. The first kappa shape index (κ1) is 11.1. The summed E-state index contributed by atoms with van der Waals surface area (Å²) in [6, 6.07) is 12.7. The van der Waals surface area contributed by atoms with E-state index in [1.807, 2.05) is 6.07 Å². The van der Waals surface area contributed by atoms with Crippen LogP contribution in [0.4, 0.5) is 0 Å². The third kappa shape index (κ3) is 1.57. The summed E-state index contributed by atoms with van der Waals surface area (Å²) in [4.78, 5) is 3.48. The van der Waals surface area contributed by atoms with E-state index in [-0.39, 0.29) is 0 Å². The molecule has 0 fully saturated rings. The SMILES string of the molecule is COc1cc2[nH]c(C(C)C)cc2c2ccccc12. The molecule has 2 nitrogen and oxygen atoms in total. The molecule has 0 unspecified atom stereocenters. The lowest BCUT2D eigenvalue weighted by atomic mass is 10.0. The maximum absolute atomic E-state index is 5.49. The lowest BCUT2D eigenvalue weighted by Gasteiger charge is -2.06. The van der Waals surface area contributed by atoms with Crippen LogP contribution in [0, 0.1) is 0 Å². The third-order valence-electron chi connectivity index (χ3n) is 3.47. The Labute approximate surface area is 107 Å². The van der Waals surface area contributed by atoms with E-state index >= 15 is 0 Å². The van der Waals surface area contributed by atoms with Crippen LogP contribution in [0.2, 0.25) is 0 Å². The Hall–Kier alpha value is -1.96. The van der Waals surface area contributed by atoms with Gasteiger partial charge in [-0.15, -0.1) is 0 Å². The first-order chi connectivity index (χ1) is 8.70. The number of benzene rings is 2. The molecule has 1 N–H and O–H groups in total. The van der Waals surface area contributed by atoms with Crippen molar-refractivity contribution in [2.24, 2.45) is 0 Å². The highest BCUT2D eigenvalue weighted by molar-refractivity contribution is 6.09. The molecule has 2 aromatic carbocycles. The van der Waals surface area contributed by atoms with E-state index in [1.54, 1.807) is 7.11 Å². The van der Waals surface area contributed by atoms with Crippen LogP contribution < -0.4 is 4.74 Å². The molecule has 0 spiro atoms. The van der Waals surface area contributed by atoms with Crippen molar-refractivity contribution < 1.29 is 4.74 Å². The molecular weight excluding hydrogens is 222 g/mol. The molecule has 0 radical (unpaired) electrons. The van der Waals surface area contributed by atoms with Crippen molar-refractivity contribution >= 4 is 21.7 Å². The van der Waals surface area contributed by atoms with E-state index in [0.717, 1.165) is 11.3 Å². The number of aromatic amines is 1. The van der Waals surface area contributed by atoms with Gasteiger partial charge in [0.05, 0.1) is 7.11 Å². The number of ether oxygens (including phenoxy) is 1. The topological polar surface area (TPSA) is 25.0 Å². The third-order valence-corrected chi connectivity index (χ3v) is 3.47. The van der Waals surface area contributed by atoms with Gasteiger partial charge in [0.1, 0.15) is 5.75 Å². The zero-order valence-corrected chi connectivity index (χ0v) is 10.9. The second kappa shape index (κ2) is 4.05. The van der Waals surface area contributed by atoms with Crippen molar-refractivity contribution in [2.45, 2.75) is 19.8 Å². The Morgan fingerprint density at radius 3 is 2.39 bits per heavy atom. The predicted octanol–water partition coefficient (Wildman–Crippen LogP) is 4.45. The summed E-state index contributed by atoms with van der Waals surface area (Å²) in [5, 5.41) is 3.69. The van der Waals surface area contributed by atoms with Crippen LogP contribution in [0.15, 0.2) is 36.4 Å². The van der Waals surface area contributed by atoms with Crippen LogP contribution in [-0.2, 0) is 0 Å². The van der Waals surface area contributed by atoms with Crippen molar-refractivity contribution in [2.75, 3.05) is 7.11 Å². The van der Waals surface area contributed by atoms with Crippen LogP contribution >= 0.6 is 0 Å². The zero-order valence-electron chi connectivity index (χ0n) is 10.9. The van der Waals surface area contributed by atoms with Crippen LogP contribution in [0.3, 0.4) is 0 Å². The van der Waals surface area contributed by atoms with Crippen LogP contribution in [0.1, 0.15) is 25.5 Å². The average Bonchev–Trinajstić information content (AvgIpc) is 2.82. The standard InChI is InChI=1S/C16H17NO/c1-10(2)14-8-13-11-6-4-5-7-12(11)16(18-3)9-15(13)17-14/h4-10,17H,1-3H3. The molecule has 2 heteroatoms. The molecule has 0 aliphatic rings. The largest absolute Gasteiger partial charge is 0.496 e. The molecule has 0 atom stereocenters. The maximum Gasteiger partial charge on any atom is 0.128 e. The van der Waals surface area contributed by atoms with Crippen molar-refractivity contribution in [3.63, 3.8) is 0 Å². The highest BCUT2D eigenvalue weighted by Crippen LogP contribution is 2.34. The number of hydrogen-bond donors (Lipinski definition) is 1. The van der Waals surface area contributed by atoms with Crippen molar-refractivity contribution in [1.82, 2.24) is 4.98 Å². The van der Waals surface area contributed by atoms with E-state index in [0.29, 0.717) is 5.92 Å². The maximum atomic E-state index is 5.49. The van der Waals surface area contributed by atoms with Gasteiger partial charge in [-0.3, -0.25) is 0 Å². The van der Waals surface area contributed by atoms with Crippen LogP contribution in [0.5, 0.6) is 5.75 Å². The van der Waals surface area contributed by atoms with E-state index < -0.39 is 0 Å². The van der Waals surface area contributed by atoms with Gasteiger partial charge < -0.3 is 9.72 Å². The summed E-state index contributed by atoms with van der Waals surface area (Å²) in [6.07, 6.45) is 0. The second-order valence-corrected chi connectivity index (χ2v) is 4.97. The summed E-state index contributed by atoms with van der Waals surface area (Å²) in [5.74, 6) is 1.43. The molecule has 0 aliphatic carbocycles. The van der Waals surface area contributed by atoms with Gasteiger partial charge in [-0.2, -0.15) is 0 Å². The van der Waals surface area contributed by atoms with Gasteiger partial charge in [0.25, 0.3) is 0 Å². The van der Waals surface area contributed by atoms with Crippen molar-refractivity contribution in [3.05, 3.63) is 42.1 Å². The molecular formula is C16H17NO. The van der Waals surface area contributed by atoms with Gasteiger partial charge >= 0.3 is 0 Å². The van der Waals surface area contributed by atoms with Gasteiger partial charge in [-0.1, -0.05) is 38.1 Å². The number of H-pyrrole nitrogens is 1. The van der Waals surface area contributed by atoms with E-state index in [9.17, 15) is 0 Å². The minimum absolute atomic E-state index is 0.502. The molecule has 0 saturated heterocycles. The molecule has 1 aromatic heterocycles. The lowest BCUT2D eigenvalue weighted by Crippen LogP contribution is -1.86. The summed E-state index contributed by atoms with van der Waals surface area (Å²) >= 11 is 0. The molecule has 0 amide bonds. The van der Waals surface area contributed by atoms with Gasteiger partial charge in [0.15, 0.2) is 0 Å². The predicted molar refractivity (Wildman–Crippen MR) is 76.4 cm³/mol. The van der Waals surface area contributed by atoms with Crippen molar-refractivity contribution in [1.29, 1.82) is 0 Å². The molecule has 0 aliphatic heterocycles. The monoisotopic (exact) mass is 239 g/mol. The lowest BCUT2D eigenvalue weighted by molar-refractivity contribution is 0.420. The quantitative estimate of drug-likeness (QED) is 0.702. The molecule has 3 rings (SSSR count).